The van der Waals surface area contributed by atoms with Crippen molar-refractivity contribution >= 4 is 40.1 Å². The molecule has 0 saturated carbocycles. The van der Waals surface area contributed by atoms with E-state index in [-0.39, 0.29) is 5.02 Å². The topological polar surface area (TPSA) is 73.3 Å². The zero-order valence-electron chi connectivity index (χ0n) is 19.6. The average molecular weight is 485 g/mol. The van der Waals surface area contributed by atoms with Crippen LogP contribution in [0.3, 0.4) is 0 Å². The molecule has 0 atom stereocenters. The molecule has 0 unspecified atom stereocenters. The summed E-state index contributed by atoms with van der Waals surface area (Å²) in [5, 5.41) is 3.23. The third kappa shape index (κ3) is 4.92. The Morgan fingerprint density at radius 2 is 1.79 bits per heavy atom. The molecule has 1 N–H and O–H groups in total. The zero-order chi connectivity index (χ0) is 23.7. The van der Waals surface area contributed by atoms with Crippen molar-refractivity contribution in [2.24, 2.45) is 0 Å². The van der Waals surface area contributed by atoms with Crippen molar-refractivity contribution in [3.05, 3.63) is 41.6 Å². The molecule has 4 heterocycles. The van der Waals surface area contributed by atoms with Crippen molar-refractivity contribution in [3.63, 3.8) is 0 Å². The number of nitrogens with one attached hydrogen (secondary N) is 1. The Labute approximate surface area is 204 Å². The third-order valence-corrected chi connectivity index (χ3v) is 7.33. The maximum Gasteiger partial charge on any atom is 0.226 e. The summed E-state index contributed by atoms with van der Waals surface area (Å²) in [5.41, 5.74) is 1.90. The lowest BCUT2D eigenvalue weighted by molar-refractivity contribution is 0.0959. The molecule has 0 aliphatic carbocycles. The Morgan fingerprint density at radius 3 is 2.50 bits per heavy atom. The van der Waals surface area contributed by atoms with E-state index in [2.05, 4.69) is 49.1 Å². The molecule has 2 aliphatic rings. The summed E-state index contributed by atoms with van der Waals surface area (Å²) in [4.78, 5) is 25.3. The van der Waals surface area contributed by atoms with Crippen molar-refractivity contribution in [1.82, 2.24) is 29.7 Å². The Morgan fingerprint density at radius 1 is 1.03 bits per heavy atom. The van der Waals surface area contributed by atoms with Crippen LogP contribution in [0.4, 0.5) is 21.8 Å². The molecule has 34 heavy (non-hydrogen) atoms. The first-order chi connectivity index (χ1) is 16.5. The summed E-state index contributed by atoms with van der Waals surface area (Å²) < 4.78 is 13.5. The van der Waals surface area contributed by atoms with Gasteiger partial charge in [-0.15, -0.1) is 0 Å². The van der Waals surface area contributed by atoms with Crippen LogP contribution in [0.1, 0.15) is 25.7 Å². The number of aromatic nitrogens is 4. The number of hydrogen-bond acceptors (Lipinski definition) is 8. The van der Waals surface area contributed by atoms with E-state index in [0.717, 1.165) is 25.9 Å². The average Bonchev–Trinajstić information content (AvgIpc) is 2.86. The first-order valence-corrected chi connectivity index (χ1v) is 12.2. The summed E-state index contributed by atoms with van der Waals surface area (Å²) in [6, 6.07) is 5.80. The van der Waals surface area contributed by atoms with Crippen LogP contribution in [-0.2, 0) is 0 Å². The van der Waals surface area contributed by atoms with Crippen LogP contribution in [0.15, 0.2) is 30.7 Å². The van der Waals surface area contributed by atoms with Gasteiger partial charge >= 0.3 is 0 Å². The van der Waals surface area contributed by atoms with Crippen LogP contribution in [0.25, 0.3) is 11.0 Å². The standard InChI is InChI=1S/C24H30ClFN8/c1-32(2)17-5-9-33(10-6-17)18-7-11-34(12-8-18)24-27-14-21-22(31-24)23(29-15-28-21)30-16-3-4-20(26)19(25)13-16/h3-4,13-15,17-18H,5-12H2,1-2H3,(H,28,29,30). The first kappa shape index (κ1) is 23.1. The lowest BCUT2D eigenvalue weighted by Crippen LogP contribution is -2.50. The fourth-order valence-corrected chi connectivity index (χ4v) is 5.18. The smallest absolute Gasteiger partial charge is 0.226 e. The summed E-state index contributed by atoms with van der Waals surface area (Å²) in [5.74, 6) is 0.761. The molecule has 8 nitrogen and oxygen atoms in total. The summed E-state index contributed by atoms with van der Waals surface area (Å²) in [6.45, 7) is 4.21. The number of nitrogens with zero attached hydrogens (tertiary/aromatic N) is 7. The van der Waals surface area contributed by atoms with Gasteiger partial charge in [0.2, 0.25) is 5.95 Å². The highest BCUT2D eigenvalue weighted by Gasteiger charge is 2.29. The maximum atomic E-state index is 13.5. The molecule has 0 amide bonds. The second-order valence-electron chi connectivity index (χ2n) is 9.33. The van der Waals surface area contributed by atoms with Gasteiger partial charge < -0.3 is 20.0 Å². The van der Waals surface area contributed by atoms with E-state index in [4.69, 9.17) is 16.6 Å². The molecule has 2 aromatic heterocycles. The second kappa shape index (κ2) is 9.93. The lowest BCUT2D eigenvalue weighted by atomic mass is 9.97. The lowest BCUT2D eigenvalue weighted by Gasteiger charge is -2.42. The van der Waals surface area contributed by atoms with E-state index in [1.165, 1.54) is 44.4 Å². The van der Waals surface area contributed by atoms with Gasteiger partial charge in [-0.25, -0.2) is 24.3 Å². The molecule has 2 fully saturated rings. The summed E-state index contributed by atoms with van der Waals surface area (Å²) in [7, 11) is 4.37. The number of piperidine rings is 2. The number of fused-ring (bicyclic) bond motifs is 1. The van der Waals surface area contributed by atoms with Crippen molar-refractivity contribution in [3.8, 4) is 0 Å². The van der Waals surface area contributed by atoms with Gasteiger partial charge in [0.05, 0.1) is 11.2 Å². The molecule has 1 aromatic carbocycles. The molecule has 180 valence electrons. The van der Waals surface area contributed by atoms with Gasteiger partial charge in [0.1, 0.15) is 23.2 Å². The van der Waals surface area contributed by atoms with Crippen LogP contribution < -0.4 is 10.2 Å². The van der Waals surface area contributed by atoms with E-state index in [9.17, 15) is 4.39 Å². The highest BCUT2D eigenvalue weighted by atomic mass is 35.5. The molecule has 2 aliphatic heterocycles. The normalized spacial score (nSPS) is 18.7. The van der Waals surface area contributed by atoms with Crippen molar-refractivity contribution < 1.29 is 4.39 Å². The predicted molar refractivity (Wildman–Crippen MR) is 133 cm³/mol. The second-order valence-corrected chi connectivity index (χ2v) is 9.74. The highest BCUT2D eigenvalue weighted by molar-refractivity contribution is 6.31. The molecule has 10 heteroatoms. The molecule has 3 aromatic rings. The minimum atomic E-state index is -0.463. The molecule has 2 saturated heterocycles. The van der Waals surface area contributed by atoms with Crippen LogP contribution in [0.2, 0.25) is 5.02 Å². The van der Waals surface area contributed by atoms with E-state index in [1.807, 2.05) is 0 Å². The minimum Gasteiger partial charge on any atom is -0.341 e. The quantitative estimate of drug-likeness (QED) is 0.583. The fraction of sp³-hybridized carbons (Fsp3) is 0.500. The summed E-state index contributed by atoms with van der Waals surface area (Å²) >= 11 is 5.93. The number of rotatable bonds is 5. The SMILES string of the molecule is CN(C)C1CCN(C2CCN(c3ncc4ncnc(Nc5ccc(F)c(Cl)c5)c4n3)CC2)CC1. The van der Waals surface area contributed by atoms with Crippen LogP contribution in [0, 0.1) is 5.82 Å². The number of likely N-dealkylation sites (tertiary alicyclic amines) is 1. The highest BCUT2D eigenvalue weighted by Crippen LogP contribution is 2.28. The molecular weight excluding hydrogens is 455 g/mol. The van der Waals surface area contributed by atoms with E-state index < -0.39 is 5.82 Å². The Kier molecular flexibility index (Phi) is 6.76. The van der Waals surface area contributed by atoms with Gasteiger partial charge in [-0.05, 0) is 71.1 Å². The summed E-state index contributed by atoms with van der Waals surface area (Å²) in [6.07, 6.45) is 7.91. The van der Waals surface area contributed by atoms with Gasteiger partial charge in [-0.3, -0.25) is 0 Å². The monoisotopic (exact) mass is 484 g/mol. The maximum absolute atomic E-state index is 13.5. The predicted octanol–water partition coefficient (Wildman–Crippen LogP) is 3.95. The van der Waals surface area contributed by atoms with Crippen LogP contribution in [-0.4, -0.2) is 82.1 Å². The van der Waals surface area contributed by atoms with Gasteiger partial charge in [-0.2, -0.15) is 0 Å². The van der Waals surface area contributed by atoms with Crippen molar-refractivity contribution in [1.29, 1.82) is 0 Å². The largest absolute Gasteiger partial charge is 0.341 e. The Bertz CT molecular complexity index is 1140. The molecule has 0 spiro atoms. The minimum absolute atomic E-state index is 0.0486. The van der Waals surface area contributed by atoms with E-state index in [0.29, 0.717) is 40.6 Å². The van der Waals surface area contributed by atoms with Gasteiger partial charge in [-0.1, -0.05) is 11.6 Å². The van der Waals surface area contributed by atoms with Gasteiger partial charge in [0.25, 0.3) is 0 Å². The molecular formula is C24H30ClFN8. The van der Waals surface area contributed by atoms with Crippen molar-refractivity contribution in [2.75, 3.05) is 50.5 Å². The first-order valence-electron chi connectivity index (χ1n) is 11.8. The zero-order valence-corrected chi connectivity index (χ0v) is 20.3. The molecule has 5 rings (SSSR count). The van der Waals surface area contributed by atoms with Crippen molar-refractivity contribution in [2.45, 2.75) is 37.8 Å². The van der Waals surface area contributed by atoms with E-state index in [1.54, 1.807) is 12.3 Å². The fourth-order valence-electron chi connectivity index (χ4n) is 5.00. The number of halogens is 2. The number of benzene rings is 1. The molecule has 0 bridgehead atoms. The molecule has 0 radical (unpaired) electrons. The van der Waals surface area contributed by atoms with Gasteiger partial charge in [0, 0.05) is 30.9 Å². The van der Waals surface area contributed by atoms with Crippen LogP contribution in [0.5, 0.6) is 0 Å². The van der Waals surface area contributed by atoms with Crippen LogP contribution >= 0.6 is 11.6 Å². The third-order valence-electron chi connectivity index (χ3n) is 7.04. The number of hydrogen-bond donors (Lipinski definition) is 1. The number of anilines is 3. The Hall–Kier alpha value is -2.62. The van der Waals surface area contributed by atoms with E-state index >= 15 is 0 Å². The Balaban J connectivity index is 1.27. The van der Waals surface area contributed by atoms with Gasteiger partial charge in [0.15, 0.2) is 5.82 Å².